The van der Waals surface area contributed by atoms with Crippen molar-refractivity contribution in [3.63, 3.8) is 0 Å². The number of methoxy groups -OCH3 is 2. The smallest absolute Gasteiger partial charge is 0.356 e. The summed E-state index contributed by atoms with van der Waals surface area (Å²) >= 11 is 3.74. The van der Waals surface area contributed by atoms with Gasteiger partial charge in [0.25, 0.3) is 0 Å². The van der Waals surface area contributed by atoms with Crippen molar-refractivity contribution < 1.29 is 9.47 Å². The first kappa shape index (κ1) is 18.2. The highest BCUT2D eigenvalue weighted by Gasteiger charge is 2.03. The maximum atomic E-state index is 5.16. The Morgan fingerprint density at radius 2 is 1.29 bits per heavy atom. The van der Waals surface area contributed by atoms with Crippen molar-refractivity contribution in [2.24, 2.45) is 0 Å². The zero-order chi connectivity index (χ0) is 12.8. The van der Waals surface area contributed by atoms with Crippen molar-refractivity contribution in [3.05, 3.63) is 0 Å². The minimum Gasteiger partial charge on any atom is -0.356 e. The average molecular weight is 320 g/mol. The molecule has 0 aromatic heterocycles. The van der Waals surface area contributed by atoms with Crippen LogP contribution in [0.1, 0.15) is 57.8 Å². The molecule has 0 aromatic rings. The SMILES string of the molecule is COC(CCCCCCCCC[CH2][Mg][Br])OC. The molecular formula is C13H27BrMgO2. The van der Waals surface area contributed by atoms with Gasteiger partial charge in [-0.3, -0.25) is 0 Å². The molecule has 0 heterocycles. The third kappa shape index (κ3) is 13.4. The summed E-state index contributed by atoms with van der Waals surface area (Å²) in [7, 11) is 3.42. The van der Waals surface area contributed by atoms with Gasteiger partial charge in [-0.25, -0.2) is 0 Å². The van der Waals surface area contributed by atoms with E-state index in [1.165, 1.54) is 55.9 Å². The van der Waals surface area contributed by atoms with E-state index in [4.69, 9.17) is 9.47 Å². The zero-order valence-electron chi connectivity index (χ0n) is 11.5. The summed E-state index contributed by atoms with van der Waals surface area (Å²) in [6.07, 6.45) is 12.1. The molecule has 17 heavy (non-hydrogen) atoms. The van der Waals surface area contributed by atoms with Gasteiger partial charge in [0.2, 0.25) is 0 Å². The van der Waals surface area contributed by atoms with E-state index in [0.717, 1.165) is 6.42 Å². The van der Waals surface area contributed by atoms with Gasteiger partial charge in [0.05, 0.1) is 0 Å². The molecule has 0 rings (SSSR count). The van der Waals surface area contributed by atoms with Crippen LogP contribution in [-0.2, 0) is 9.47 Å². The summed E-state index contributed by atoms with van der Waals surface area (Å²) in [5.41, 5.74) is 0. The van der Waals surface area contributed by atoms with Crippen LogP contribution in [0.2, 0.25) is 4.55 Å². The van der Waals surface area contributed by atoms with Crippen molar-refractivity contribution >= 4 is 31.1 Å². The quantitative estimate of drug-likeness (QED) is 0.282. The fourth-order valence-corrected chi connectivity index (χ4v) is 3.71. The molecule has 4 heteroatoms. The standard InChI is InChI=1S/C13H27O2.BrH.Mg/c1-4-5-6-7-8-9-10-11-12-13(14-2)15-3;;/h13H,1,4-12H2,2-3H3;1H;/q;;+1/p-1. The van der Waals surface area contributed by atoms with Gasteiger partial charge >= 0.3 is 18.2 Å². The summed E-state index contributed by atoms with van der Waals surface area (Å²) in [5, 5.41) is 0. The second-order valence-corrected chi connectivity index (χ2v) is 8.02. The molecule has 0 N–H and O–H groups in total. The van der Waals surface area contributed by atoms with E-state index in [0.29, 0.717) is 0 Å². The topological polar surface area (TPSA) is 18.5 Å². The zero-order valence-corrected chi connectivity index (χ0v) is 14.6. The molecule has 2 nitrogen and oxygen atoms in total. The summed E-state index contributed by atoms with van der Waals surface area (Å²) in [6.45, 7) is 0. The highest BCUT2D eigenvalue weighted by atomic mass is 79.9. The molecule has 0 amide bonds. The molecule has 0 aliphatic carbocycles. The first-order valence-corrected chi connectivity index (χ1v) is 11.9. The lowest BCUT2D eigenvalue weighted by atomic mass is 10.1. The number of hydrogen-bond donors (Lipinski definition) is 0. The minimum atomic E-state index is 0.00316. The summed E-state index contributed by atoms with van der Waals surface area (Å²) in [5.74, 6) is 0. The van der Waals surface area contributed by atoms with E-state index >= 15 is 0 Å². The molecule has 100 valence electrons. The number of unbranched alkanes of at least 4 members (excludes halogenated alkanes) is 7. The Kier molecular flexibility index (Phi) is 16.3. The van der Waals surface area contributed by atoms with Crippen LogP contribution in [0.25, 0.3) is 0 Å². The molecule has 0 atom stereocenters. The lowest BCUT2D eigenvalue weighted by Gasteiger charge is -2.12. The van der Waals surface area contributed by atoms with Crippen molar-refractivity contribution in [1.82, 2.24) is 0 Å². The Balaban J connectivity index is 3.03. The lowest BCUT2D eigenvalue weighted by molar-refractivity contribution is -0.107. The summed E-state index contributed by atoms with van der Waals surface area (Å²) < 4.78 is 11.8. The highest BCUT2D eigenvalue weighted by Crippen LogP contribution is 2.12. The Morgan fingerprint density at radius 3 is 1.76 bits per heavy atom. The van der Waals surface area contributed by atoms with Gasteiger partial charge in [-0.2, -0.15) is 0 Å². The molecule has 0 saturated heterocycles. The second-order valence-electron chi connectivity index (χ2n) is 4.56. The van der Waals surface area contributed by atoms with E-state index in [1.807, 2.05) is 0 Å². The molecule has 0 bridgehead atoms. The first-order chi connectivity index (χ1) is 8.35. The number of hydrogen-bond acceptors (Lipinski definition) is 2. The molecule has 0 aliphatic heterocycles. The minimum absolute atomic E-state index is 0.00316. The largest absolute Gasteiger partial charge is 0.468 e. The Bertz CT molecular complexity index is 143. The van der Waals surface area contributed by atoms with Crippen LogP contribution in [0.15, 0.2) is 0 Å². The number of ether oxygens (including phenoxy) is 2. The molecule has 0 fully saturated rings. The van der Waals surface area contributed by atoms with Gasteiger partial charge in [0.15, 0.2) is 6.29 Å². The number of rotatable bonds is 13. The third-order valence-corrected chi connectivity index (χ3v) is 5.55. The van der Waals surface area contributed by atoms with Gasteiger partial charge in [-0.15, -0.1) is 4.55 Å². The van der Waals surface area contributed by atoms with Gasteiger partial charge in [-0.1, -0.05) is 44.9 Å². The molecule has 0 radical (unpaired) electrons. The van der Waals surface area contributed by atoms with Gasteiger partial charge in [0, 0.05) is 14.2 Å². The van der Waals surface area contributed by atoms with E-state index in [2.05, 4.69) is 12.9 Å². The number of halogens is 1. The molecule has 0 saturated carbocycles. The van der Waals surface area contributed by atoms with E-state index in [-0.39, 0.29) is 24.5 Å². The monoisotopic (exact) mass is 318 g/mol. The van der Waals surface area contributed by atoms with Crippen LogP contribution in [0, 0.1) is 0 Å². The Labute approximate surface area is 123 Å². The van der Waals surface area contributed by atoms with Gasteiger partial charge < -0.3 is 22.4 Å². The predicted octanol–water partition coefficient (Wildman–Crippen LogP) is 4.55. The Morgan fingerprint density at radius 1 is 0.824 bits per heavy atom. The van der Waals surface area contributed by atoms with Crippen molar-refractivity contribution in [2.45, 2.75) is 68.6 Å². The van der Waals surface area contributed by atoms with Crippen LogP contribution in [0.5, 0.6) is 0 Å². The molecule has 0 aliphatic rings. The molecule has 0 unspecified atom stereocenters. The van der Waals surface area contributed by atoms with Crippen LogP contribution in [-0.4, -0.2) is 38.7 Å². The highest BCUT2D eigenvalue weighted by molar-refractivity contribution is 9.23. The van der Waals surface area contributed by atoms with Crippen LogP contribution in [0.3, 0.4) is 0 Å². The molecule has 0 spiro atoms. The second kappa shape index (κ2) is 15.2. The van der Waals surface area contributed by atoms with E-state index in [1.54, 1.807) is 14.2 Å². The predicted molar refractivity (Wildman–Crippen MR) is 78.8 cm³/mol. The van der Waals surface area contributed by atoms with Gasteiger partial charge in [0.1, 0.15) is 0 Å². The van der Waals surface area contributed by atoms with E-state index in [9.17, 15) is 0 Å². The van der Waals surface area contributed by atoms with Crippen LogP contribution in [0.4, 0.5) is 0 Å². The van der Waals surface area contributed by atoms with Crippen LogP contribution >= 0.6 is 12.9 Å². The summed E-state index contributed by atoms with van der Waals surface area (Å²) in [6, 6.07) is 0. The third-order valence-electron chi connectivity index (χ3n) is 3.10. The fraction of sp³-hybridized carbons (Fsp3) is 1.00. The molecular weight excluding hydrogens is 292 g/mol. The maximum Gasteiger partial charge on any atom is 0.468 e. The normalized spacial score (nSPS) is 10.8. The first-order valence-electron chi connectivity index (χ1n) is 6.96. The van der Waals surface area contributed by atoms with Crippen molar-refractivity contribution in [2.75, 3.05) is 14.2 Å². The van der Waals surface area contributed by atoms with Crippen molar-refractivity contribution in [3.8, 4) is 0 Å². The fourth-order valence-electron chi connectivity index (χ4n) is 1.97. The summed E-state index contributed by atoms with van der Waals surface area (Å²) in [4.78, 5) is 0. The average Bonchev–Trinajstić information content (AvgIpc) is 2.36. The van der Waals surface area contributed by atoms with Crippen LogP contribution < -0.4 is 0 Å². The lowest BCUT2D eigenvalue weighted by Crippen LogP contribution is -2.12. The van der Waals surface area contributed by atoms with Gasteiger partial charge in [-0.05, 0) is 12.8 Å². The van der Waals surface area contributed by atoms with E-state index < -0.39 is 0 Å². The molecule has 0 aromatic carbocycles. The Hall–Kier alpha value is 1.17. The van der Waals surface area contributed by atoms with Crippen molar-refractivity contribution in [1.29, 1.82) is 0 Å². The maximum absolute atomic E-state index is 5.16.